The van der Waals surface area contributed by atoms with Crippen molar-refractivity contribution < 1.29 is 0 Å². The number of allylic oxidation sites excluding steroid dienone is 6. The van der Waals surface area contributed by atoms with E-state index in [4.69, 9.17) is 0 Å². The molecule has 2 atom stereocenters. The Morgan fingerprint density at radius 1 is 1.27 bits per heavy atom. The summed E-state index contributed by atoms with van der Waals surface area (Å²) in [5.74, 6) is 1.29. The first-order valence-electron chi connectivity index (χ1n) is 4.36. The fourth-order valence-electron chi connectivity index (χ4n) is 1.27. The second-order valence-electron chi connectivity index (χ2n) is 3.04. The molecule has 11 heavy (non-hydrogen) atoms. The minimum Gasteiger partial charge on any atom is -0.0882 e. The third-order valence-corrected chi connectivity index (χ3v) is 2.06. The Hall–Kier alpha value is -0.780. The van der Waals surface area contributed by atoms with E-state index >= 15 is 0 Å². The summed E-state index contributed by atoms with van der Waals surface area (Å²) in [6.07, 6.45) is 14.4. The van der Waals surface area contributed by atoms with Gasteiger partial charge in [-0.05, 0) is 12.3 Å². The van der Waals surface area contributed by atoms with Crippen molar-refractivity contribution in [2.75, 3.05) is 0 Å². The van der Waals surface area contributed by atoms with Gasteiger partial charge in [0.05, 0.1) is 0 Å². The second kappa shape index (κ2) is 4.17. The van der Waals surface area contributed by atoms with E-state index in [1.165, 1.54) is 0 Å². The first kappa shape index (κ1) is 8.32. The van der Waals surface area contributed by atoms with Crippen LogP contribution in [0, 0.1) is 11.8 Å². The van der Waals surface area contributed by atoms with Crippen LogP contribution in [0.25, 0.3) is 0 Å². The van der Waals surface area contributed by atoms with E-state index < -0.39 is 0 Å². The van der Waals surface area contributed by atoms with Crippen LogP contribution in [0.5, 0.6) is 0 Å². The topological polar surface area (TPSA) is 0 Å². The molecular weight excluding hydrogens is 132 g/mol. The van der Waals surface area contributed by atoms with E-state index in [1.54, 1.807) is 0 Å². The molecule has 0 heterocycles. The first-order chi connectivity index (χ1) is 5.34. The molecule has 1 aliphatic rings. The average Bonchev–Trinajstić information content (AvgIpc) is 2.03. The van der Waals surface area contributed by atoms with Gasteiger partial charge in [0.1, 0.15) is 0 Å². The zero-order chi connectivity index (χ0) is 8.10. The first-order valence-corrected chi connectivity index (χ1v) is 4.36. The third kappa shape index (κ3) is 2.38. The molecule has 1 rings (SSSR count). The zero-order valence-electron chi connectivity index (χ0n) is 7.33. The third-order valence-electron chi connectivity index (χ3n) is 2.06. The fraction of sp³-hybridized carbons (Fsp3) is 0.455. The standard InChI is InChI=1S/C11H16/c1-3-4-8-11-9-6-5-7-10(11)2/h4-11H,3H2,1-2H3/b8-4-. The summed E-state index contributed by atoms with van der Waals surface area (Å²) in [4.78, 5) is 0. The Labute approximate surface area is 69.3 Å². The highest BCUT2D eigenvalue weighted by Crippen LogP contribution is 2.19. The second-order valence-corrected chi connectivity index (χ2v) is 3.04. The lowest BCUT2D eigenvalue weighted by molar-refractivity contribution is 0.604. The summed E-state index contributed by atoms with van der Waals surface area (Å²) in [7, 11) is 0. The molecular formula is C11H16. The summed E-state index contributed by atoms with van der Waals surface area (Å²) in [5, 5.41) is 0. The largest absolute Gasteiger partial charge is 0.0882 e. The monoisotopic (exact) mass is 148 g/mol. The summed E-state index contributed by atoms with van der Waals surface area (Å²) < 4.78 is 0. The van der Waals surface area contributed by atoms with Crippen LogP contribution in [0.15, 0.2) is 36.5 Å². The van der Waals surface area contributed by atoms with Gasteiger partial charge in [-0.25, -0.2) is 0 Å². The molecule has 0 aliphatic heterocycles. The van der Waals surface area contributed by atoms with E-state index in [0.29, 0.717) is 11.8 Å². The molecule has 0 bridgehead atoms. The van der Waals surface area contributed by atoms with Crippen molar-refractivity contribution >= 4 is 0 Å². The fourth-order valence-corrected chi connectivity index (χ4v) is 1.27. The minimum atomic E-state index is 0.625. The lowest BCUT2D eigenvalue weighted by Gasteiger charge is -2.15. The molecule has 0 spiro atoms. The van der Waals surface area contributed by atoms with Crippen molar-refractivity contribution in [1.82, 2.24) is 0 Å². The highest BCUT2D eigenvalue weighted by Gasteiger charge is 2.08. The molecule has 0 fully saturated rings. The van der Waals surface area contributed by atoms with E-state index in [9.17, 15) is 0 Å². The molecule has 60 valence electrons. The van der Waals surface area contributed by atoms with Gasteiger partial charge >= 0.3 is 0 Å². The predicted molar refractivity (Wildman–Crippen MR) is 50.4 cm³/mol. The quantitative estimate of drug-likeness (QED) is 0.527. The summed E-state index contributed by atoms with van der Waals surface area (Å²) in [6, 6.07) is 0. The highest BCUT2D eigenvalue weighted by atomic mass is 14.1. The van der Waals surface area contributed by atoms with Gasteiger partial charge in [-0.3, -0.25) is 0 Å². The Balaban J connectivity index is 2.52. The number of rotatable bonds is 2. The van der Waals surface area contributed by atoms with Gasteiger partial charge < -0.3 is 0 Å². The summed E-state index contributed by atoms with van der Waals surface area (Å²) in [5.41, 5.74) is 0. The lowest BCUT2D eigenvalue weighted by Crippen LogP contribution is -2.05. The Morgan fingerprint density at radius 3 is 2.64 bits per heavy atom. The normalized spacial score (nSPS) is 30.0. The minimum absolute atomic E-state index is 0.625. The van der Waals surface area contributed by atoms with Gasteiger partial charge in [0.15, 0.2) is 0 Å². The van der Waals surface area contributed by atoms with E-state index in [1.807, 2.05) is 0 Å². The molecule has 2 unspecified atom stereocenters. The van der Waals surface area contributed by atoms with Crippen molar-refractivity contribution in [3.8, 4) is 0 Å². The van der Waals surface area contributed by atoms with Crippen molar-refractivity contribution in [1.29, 1.82) is 0 Å². The maximum atomic E-state index is 2.30. The van der Waals surface area contributed by atoms with E-state index in [0.717, 1.165) is 6.42 Å². The summed E-state index contributed by atoms with van der Waals surface area (Å²) in [6.45, 7) is 4.42. The van der Waals surface area contributed by atoms with Crippen molar-refractivity contribution in [3.63, 3.8) is 0 Å². The van der Waals surface area contributed by atoms with Crippen LogP contribution >= 0.6 is 0 Å². The Bertz CT molecular complexity index is 184. The van der Waals surface area contributed by atoms with Crippen LogP contribution < -0.4 is 0 Å². The molecule has 0 aromatic rings. The van der Waals surface area contributed by atoms with Gasteiger partial charge in [-0.2, -0.15) is 0 Å². The van der Waals surface area contributed by atoms with Crippen LogP contribution in [0.3, 0.4) is 0 Å². The molecule has 0 nitrogen and oxygen atoms in total. The van der Waals surface area contributed by atoms with Gasteiger partial charge in [0, 0.05) is 5.92 Å². The van der Waals surface area contributed by atoms with Crippen LogP contribution in [-0.4, -0.2) is 0 Å². The maximum Gasteiger partial charge on any atom is 0.000995 e. The molecule has 0 saturated carbocycles. The molecule has 0 aromatic carbocycles. The zero-order valence-corrected chi connectivity index (χ0v) is 7.33. The van der Waals surface area contributed by atoms with E-state index in [-0.39, 0.29) is 0 Å². The Kier molecular flexibility index (Phi) is 3.15. The van der Waals surface area contributed by atoms with Crippen LogP contribution in [0.1, 0.15) is 20.3 Å². The molecule has 0 amide bonds. The summed E-state index contributed by atoms with van der Waals surface area (Å²) >= 11 is 0. The van der Waals surface area contributed by atoms with Crippen molar-refractivity contribution in [2.24, 2.45) is 11.8 Å². The van der Waals surface area contributed by atoms with Gasteiger partial charge in [-0.15, -0.1) is 0 Å². The smallest absolute Gasteiger partial charge is 0.000995 e. The van der Waals surface area contributed by atoms with Crippen LogP contribution in [-0.2, 0) is 0 Å². The Morgan fingerprint density at radius 2 is 2.00 bits per heavy atom. The van der Waals surface area contributed by atoms with E-state index in [2.05, 4.69) is 50.3 Å². The maximum absolute atomic E-state index is 2.30. The predicted octanol–water partition coefficient (Wildman–Crippen LogP) is 3.33. The van der Waals surface area contributed by atoms with Crippen molar-refractivity contribution in [3.05, 3.63) is 36.5 Å². The van der Waals surface area contributed by atoms with Gasteiger partial charge in [-0.1, -0.05) is 50.3 Å². The molecule has 0 N–H and O–H groups in total. The lowest BCUT2D eigenvalue weighted by atomic mass is 9.90. The van der Waals surface area contributed by atoms with Crippen molar-refractivity contribution in [2.45, 2.75) is 20.3 Å². The average molecular weight is 148 g/mol. The van der Waals surface area contributed by atoms with Crippen LogP contribution in [0.4, 0.5) is 0 Å². The number of hydrogen-bond donors (Lipinski definition) is 0. The SMILES string of the molecule is CC/C=C\C1C=CC=CC1C. The number of hydrogen-bond acceptors (Lipinski definition) is 0. The molecule has 1 aliphatic carbocycles. The molecule has 0 heteroatoms. The molecule has 0 radical (unpaired) electrons. The molecule has 0 saturated heterocycles. The molecule has 0 aromatic heterocycles. The van der Waals surface area contributed by atoms with Gasteiger partial charge in [0.25, 0.3) is 0 Å². The van der Waals surface area contributed by atoms with Crippen LogP contribution in [0.2, 0.25) is 0 Å². The highest BCUT2D eigenvalue weighted by molar-refractivity contribution is 5.17. The van der Waals surface area contributed by atoms with Gasteiger partial charge in [0.2, 0.25) is 0 Å².